The molecule has 0 saturated carbocycles. The van der Waals surface area contributed by atoms with Crippen molar-refractivity contribution in [2.75, 3.05) is 55.2 Å². The van der Waals surface area contributed by atoms with Crippen molar-refractivity contribution in [1.82, 2.24) is 9.80 Å². The molecule has 0 N–H and O–H groups in total. The van der Waals surface area contributed by atoms with Gasteiger partial charge < -0.3 is 37.9 Å². The molecule has 2 aromatic rings. The standard InChI is InChI=1S/C35H45N3O8/c1-10-11-42-31-20(3)32-34(45-18-44-32)28-22(31)14-24-29-27-21(12-19(2)30(40-8)33(27)43-17-39-7)13-23(37(29)6)25(15-36)38(24)26(28)16-46-35(4,5)41-9/h10,12,23-26,29H,1,11,13-14,16-18H2,2-9H3/t23-,24?,25?,26-,29-/m0/s1. The van der Waals surface area contributed by atoms with E-state index in [1.54, 1.807) is 27.4 Å². The van der Waals surface area contributed by atoms with Gasteiger partial charge in [0.05, 0.1) is 31.9 Å². The number of nitriles is 1. The van der Waals surface area contributed by atoms with Crippen molar-refractivity contribution in [3.8, 4) is 34.8 Å². The highest BCUT2D eigenvalue weighted by molar-refractivity contribution is 5.66. The lowest BCUT2D eigenvalue weighted by molar-refractivity contribution is -0.212. The fourth-order valence-corrected chi connectivity index (χ4v) is 7.90. The van der Waals surface area contributed by atoms with Crippen LogP contribution in [0.3, 0.4) is 0 Å². The van der Waals surface area contributed by atoms with Crippen LogP contribution in [0, 0.1) is 25.2 Å². The molecule has 2 unspecified atom stereocenters. The molecule has 0 spiro atoms. The Labute approximate surface area is 271 Å². The van der Waals surface area contributed by atoms with E-state index in [9.17, 15) is 5.26 Å². The predicted molar refractivity (Wildman–Crippen MR) is 170 cm³/mol. The zero-order valence-corrected chi connectivity index (χ0v) is 28.1. The van der Waals surface area contributed by atoms with Gasteiger partial charge in [0.2, 0.25) is 6.79 Å². The number of nitrogens with zero attached hydrogens (tertiary/aromatic N) is 3. The van der Waals surface area contributed by atoms with Crippen LogP contribution in [0.15, 0.2) is 18.7 Å². The highest BCUT2D eigenvalue weighted by Gasteiger charge is 2.57. The van der Waals surface area contributed by atoms with Gasteiger partial charge in [-0.05, 0) is 58.7 Å². The first-order chi connectivity index (χ1) is 22.1. The maximum Gasteiger partial charge on any atom is 0.231 e. The van der Waals surface area contributed by atoms with E-state index in [0.717, 1.165) is 39.1 Å². The van der Waals surface area contributed by atoms with Gasteiger partial charge in [0, 0.05) is 48.6 Å². The summed E-state index contributed by atoms with van der Waals surface area (Å²) in [6.07, 6.45) is 2.99. The first kappa shape index (κ1) is 32.4. The lowest BCUT2D eigenvalue weighted by Crippen LogP contribution is -2.68. The minimum Gasteiger partial charge on any atom is -0.493 e. The summed E-state index contributed by atoms with van der Waals surface area (Å²) in [5.41, 5.74) is 6.01. The summed E-state index contributed by atoms with van der Waals surface area (Å²) in [5.74, 6) is 2.60. The van der Waals surface area contributed by atoms with E-state index in [0.29, 0.717) is 42.4 Å². The third kappa shape index (κ3) is 5.07. The van der Waals surface area contributed by atoms with Crippen molar-refractivity contribution in [2.45, 2.75) is 76.5 Å². The number of rotatable bonds is 11. The van der Waals surface area contributed by atoms with Gasteiger partial charge in [-0.1, -0.05) is 18.7 Å². The molecule has 11 nitrogen and oxygen atoms in total. The predicted octanol–water partition coefficient (Wildman–Crippen LogP) is 4.76. The third-order valence-electron chi connectivity index (χ3n) is 9.99. The Morgan fingerprint density at radius 3 is 2.48 bits per heavy atom. The first-order valence-electron chi connectivity index (χ1n) is 15.7. The van der Waals surface area contributed by atoms with Gasteiger partial charge >= 0.3 is 0 Å². The number of ether oxygens (including phenoxy) is 8. The molecule has 5 atom stereocenters. The number of piperazine rings is 1. The van der Waals surface area contributed by atoms with Crippen molar-refractivity contribution in [2.24, 2.45) is 0 Å². The van der Waals surface area contributed by atoms with E-state index >= 15 is 0 Å². The monoisotopic (exact) mass is 635 g/mol. The van der Waals surface area contributed by atoms with E-state index in [-0.39, 0.29) is 44.4 Å². The number of methoxy groups -OCH3 is 3. The number of likely N-dealkylation sites (N-methyl/N-ethyl adjacent to an activating group) is 1. The summed E-state index contributed by atoms with van der Waals surface area (Å²) in [6, 6.07) is 3.67. The highest BCUT2D eigenvalue weighted by Crippen LogP contribution is 2.58. The molecule has 1 fully saturated rings. The summed E-state index contributed by atoms with van der Waals surface area (Å²) >= 11 is 0. The van der Waals surface area contributed by atoms with Gasteiger partial charge in [0.1, 0.15) is 18.4 Å². The van der Waals surface area contributed by atoms with Crippen LogP contribution < -0.4 is 23.7 Å². The van der Waals surface area contributed by atoms with Crippen LogP contribution in [-0.4, -0.2) is 88.9 Å². The van der Waals surface area contributed by atoms with Crippen LogP contribution >= 0.6 is 0 Å². The van der Waals surface area contributed by atoms with Gasteiger partial charge in [-0.3, -0.25) is 9.80 Å². The molecule has 1 saturated heterocycles. The summed E-state index contributed by atoms with van der Waals surface area (Å²) in [5, 5.41) is 10.9. The SMILES string of the molecule is C=CCOc1c(C)c2c(c3c1CC1[C@H]4c5c(cc(C)c(OC)c5OCOC)C[C@@H](C(C#N)N1[C@H]3COC(C)(C)OC)N4C)OCO2. The van der Waals surface area contributed by atoms with E-state index in [1.807, 2.05) is 27.7 Å². The topological polar surface area (TPSA) is 104 Å². The Hall–Kier alpha value is -3.53. The van der Waals surface area contributed by atoms with Crippen LogP contribution in [0.5, 0.6) is 28.7 Å². The van der Waals surface area contributed by atoms with Crippen molar-refractivity contribution in [3.05, 3.63) is 52.1 Å². The Kier molecular flexibility index (Phi) is 8.87. The van der Waals surface area contributed by atoms with Gasteiger partial charge in [0.15, 0.2) is 35.6 Å². The van der Waals surface area contributed by atoms with Crippen LogP contribution in [0.2, 0.25) is 0 Å². The second-order valence-electron chi connectivity index (χ2n) is 12.8. The molecule has 4 heterocycles. The molecular weight excluding hydrogens is 590 g/mol. The van der Waals surface area contributed by atoms with Crippen LogP contribution in [0.1, 0.15) is 59.3 Å². The fourth-order valence-electron chi connectivity index (χ4n) is 7.90. The van der Waals surface area contributed by atoms with Crippen LogP contribution in [-0.2, 0) is 27.1 Å². The number of benzene rings is 2. The van der Waals surface area contributed by atoms with Gasteiger partial charge in [-0.15, -0.1) is 0 Å². The molecule has 248 valence electrons. The number of hydrogen-bond donors (Lipinski definition) is 0. The lowest BCUT2D eigenvalue weighted by Gasteiger charge is -2.60. The third-order valence-corrected chi connectivity index (χ3v) is 9.99. The second kappa shape index (κ2) is 12.6. The molecule has 0 amide bonds. The molecule has 2 bridgehead atoms. The second-order valence-corrected chi connectivity index (χ2v) is 12.8. The zero-order valence-electron chi connectivity index (χ0n) is 28.1. The molecular formula is C35H45N3O8. The van der Waals surface area contributed by atoms with Crippen LogP contribution in [0.25, 0.3) is 0 Å². The maximum atomic E-state index is 10.9. The van der Waals surface area contributed by atoms with E-state index in [4.69, 9.17) is 37.9 Å². The Balaban J connectivity index is 1.61. The van der Waals surface area contributed by atoms with Gasteiger partial charge in [-0.25, -0.2) is 0 Å². The van der Waals surface area contributed by atoms with Crippen LogP contribution in [0.4, 0.5) is 0 Å². The molecule has 6 rings (SSSR count). The minimum absolute atomic E-state index is 0.0783. The molecule has 46 heavy (non-hydrogen) atoms. The number of fused-ring (bicyclic) bond motifs is 9. The normalized spacial score (nSPS) is 24.8. The highest BCUT2D eigenvalue weighted by atomic mass is 16.7. The average Bonchev–Trinajstić information content (AvgIpc) is 3.53. The quantitative estimate of drug-likeness (QED) is 0.252. The smallest absolute Gasteiger partial charge is 0.231 e. The van der Waals surface area contributed by atoms with E-state index < -0.39 is 11.8 Å². The zero-order chi connectivity index (χ0) is 32.9. The maximum absolute atomic E-state index is 10.9. The average molecular weight is 636 g/mol. The molecule has 0 aromatic heterocycles. The Morgan fingerprint density at radius 1 is 1.04 bits per heavy atom. The molecule has 11 heteroatoms. The fraction of sp³-hybridized carbons (Fsp3) is 0.571. The molecule has 0 radical (unpaired) electrons. The van der Waals surface area contributed by atoms with Crippen molar-refractivity contribution >= 4 is 0 Å². The van der Waals surface area contributed by atoms with Gasteiger partial charge in [-0.2, -0.15) is 5.26 Å². The number of hydrogen-bond acceptors (Lipinski definition) is 11. The number of aryl methyl sites for hydroxylation is 1. The Morgan fingerprint density at radius 2 is 1.80 bits per heavy atom. The Bertz CT molecular complexity index is 1550. The summed E-state index contributed by atoms with van der Waals surface area (Å²) < 4.78 is 48.4. The summed E-state index contributed by atoms with van der Waals surface area (Å²) in [4.78, 5) is 4.69. The van der Waals surface area contributed by atoms with Crippen molar-refractivity contribution in [1.29, 1.82) is 5.26 Å². The molecule has 4 aliphatic heterocycles. The van der Waals surface area contributed by atoms with Crippen molar-refractivity contribution < 1.29 is 37.9 Å². The van der Waals surface area contributed by atoms with Crippen molar-refractivity contribution in [3.63, 3.8) is 0 Å². The summed E-state index contributed by atoms with van der Waals surface area (Å²) in [7, 11) is 7.02. The molecule has 2 aromatic carbocycles. The van der Waals surface area contributed by atoms with E-state index in [1.165, 1.54) is 0 Å². The molecule has 0 aliphatic carbocycles. The summed E-state index contributed by atoms with van der Waals surface area (Å²) in [6.45, 7) is 12.5. The molecule has 4 aliphatic rings. The first-order valence-corrected chi connectivity index (χ1v) is 15.7. The minimum atomic E-state index is -0.857. The lowest BCUT2D eigenvalue weighted by atomic mass is 9.71. The van der Waals surface area contributed by atoms with E-state index in [2.05, 4.69) is 35.6 Å². The largest absolute Gasteiger partial charge is 0.493 e. The van der Waals surface area contributed by atoms with Gasteiger partial charge in [0.25, 0.3) is 0 Å².